The number of carbonyl (C=O) groups excluding carboxylic acids is 1. The van der Waals surface area contributed by atoms with Crippen LogP contribution in [0.3, 0.4) is 0 Å². The van der Waals surface area contributed by atoms with Gasteiger partial charge in [-0.15, -0.1) is 0 Å². The van der Waals surface area contributed by atoms with Gasteiger partial charge in [0.2, 0.25) is 0 Å². The fourth-order valence-electron chi connectivity index (χ4n) is 1.95. The van der Waals surface area contributed by atoms with E-state index in [0.717, 1.165) is 10.0 Å². The summed E-state index contributed by atoms with van der Waals surface area (Å²) in [7, 11) is 1.56. The van der Waals surface area contributed by atoms with E-state index >= 15 is 0 Å². The van der Waals surface area contributed by atoms with E-state index in [9.17, 15) is 13.6 Å². The van der Waals surface area contributed by atoms with E-state index in [2.05, 4.69) is 21.2 Å². The third kappa shape index (κ3) is 5.21. The Kier molecular flexibility index (Phi) is 6.41. The molecule has 7 heteroatoms. The maximum Gasteiger partial charge on any atom is 0.288 e. The Balaban J connectivity index is 2.01. The fourth-order valence-corrected chi connectivity index (χ4v) is 2.86. The van der Waals surface area contributed by atoms with Crippen LogP contribution in [0.25, 0.3) is 0 Å². The van der Waals surface area contributed by atoms with E-state index in [1.807, 2.05) is 18.2 Å². The summed E-state index contributed by atoms with van der Waals surface area (Å²) in [6.07, 6.45) is 0. The molecule has 0 fully saturated rings. The van der Waals surface area contributed by atoms with Gasteiger partial charge in [-0.3, -0.25) is 4.79 Å². The van der Waals surface area contributed by atoms with Crippen LogP contribution < -0.4 is 10.1 Å². The standard InChI is InChI=1S/C16H14BrF2NO2S/c1-22-14-7-4-12(17)8-11(14)9-20-15(21)10-2-5-13(6-3-10)23-16(18)19/h2-8,16H,9H2,1H3,(H,20,21). The van der Waals surface area contributed by atoms with Crippen molar-refractivity contribution in [3.63, 3.8) is 0 Å². The monoisotopic (exact) mass is 401 g/mol. The lowest BCUT2D eigenvalue weighted by molar-refractivity contribution is 0.0950. The van der Waals surface area contributed by atoms with Crippen molar-refractivity contribution < 1.29 is 18.3 Å². The molecule has 0 saturated heterocycles. The molecule has 0 saturated carbocycles. The van der Waals surface area contributed by atoms with Crippen molar-refractivity contribution in [1.29, 1.82) is 0 Å². The first-order chi connectivity index (χ1) is 11.0. The molecule has 3 nitrogen and oxygen atoms in total. The molecule has 0 radical (unpaired) electrons. The first kappa shape index (κ1) is 17.7. The van der Waals surface area contributed by atoms with Gasteiger partial charge in [0.25, 0.3) is 11.7 Å². The van der Waals surface area contributed by atoms with Gasteiger partial charge >= 0.3 is 0 Å². The highest BCUT2D eigenvalue weighted by Gasteiger charge is 2.10. The lowest BCUT2D eigenvalue weighted by Gasteiger charge is -2.10. The lowest BCUT2D eigenvalue weighted by atomic mass is 10.1. The minimum atomic E-state index is -2.47. The van der Waals surface area contributed by atoms with Crippen molar-refractivity contribution in [2.24, 2.45) is 0 Å². The van der Waals surface area contributed by atoms with Gasteiger partial charge in [0.05, 0.1) is 7.11 Å². The van der Waals surface area contributed by atoms with Crippen molar-refractivity contribution in [2.75, 3.05) is 7.11 Å². The molecule has 0 aromatic heterocycles. The van der Waals surface area contributed by atoms with Gasteiger partial charge in [-0.05, 0) is 42.5 Å². The van der Waals surface area contributed by atoms with E-state index < -0.39 is 5.76 Å². The molecule has 0 bridgehead atoms. The molecule has 2 aromatic rings. The van der Waals surface area contributed by atoms with Crippen LogP contribution in [-0.4, -0.2) is 18.8 Å². The predicted molar refractivity (Wildman–Crippen MR) is 90.2 cm³/mol. The Hall–Kier alpha value is -1.60. The van der Waals surface area contributed by atoms with E-state index in [-0.39, 0.29) is 5.91 Å². The highest BCUT2D eigenvalue weighted by Crippen LogP contribution is 2.25. The van der Waals surface area contributed by atoms with E-state index in [1.54, 1.807) is 7.11 Å². The number of amides is 1. The number of halogens is 3. The molecular weight excluding hydrogens is 388 g/mol. The maximum atomic E-state index is 12.3. The SMILES string of the molecule is COc1ccc(Br)cc1CNC(=O)c1ccc(SC(F)F)cc1. The second-order valence-electron chi connectivity index (χ2n) is 4.54. The molecule has 0 aliphatic rings. The second kappa shape index (κ2) is 8.31. The van der Waals surface area contributed by atoms with Gasteiger partial charge in [-0.25, -0.2) is 0 Å². The minimum absolute atomic E-state index is 0.277. The highest BCUT2D eigenvalue weighted by atomic mass is 79.9. The lowest BCUT2D eigenvalue weighted by Crippen LogP contribution is -2.23. The number of thioether (sulfide) groups is 1. The third-order valence-electron chi connectivity index (χ3n) is 3.02. The number of ether oxygens (including phenoxy) is 1. The quantitative estimate of drug-likeness (QED) is 0.712. The van der Waals surface area contributed by atoms with Gasteiger partial charge in [-0.1, -0.05) is 27.7 Å². The Morgan fingerprint density at radius 3 is 2.57 bits per heavy atom. The molecule has 0 aliphatic carbocycles. The zero-order chi connectivity index (χ0) is 16.8. The summed E-state index contributed by atoms with van der Waals surface area (Å²) in [6.45, 7) is 0.301. The molecule has 0 aliphatic heterocycles. The topological polar surface area (TPSA) is 38.3 Å². The number of benzene rings is 2. The molecule has 2 rings (SSSR count). The summed E-state index contributed by atoms with van der Waals surface area (Å²) in [5.41, 5.74) is 1.25. The van der Waals surface area contributed by atoms with Gasteiger partial charge in [0.15, 0.2) is 0 Å². The number of nitrogens with one attached hydrogen (secondary N) is 1. The predicted octanol–water partition coefficient (Wildman–Crippen LogP) is 4.70. The van der Waals surface area contributed by atoms with Gasteiger partial charge in [0.1, 0.15) is 5.75 Å². The summed E-state index contributed by atoms with van der Waals surface area (Å²) >= 11 is 3.82. The summed E-state index contributed by atoms with van der Waals surface area (Å²) in [5, 5.41) is 2.78. The van der Waals surface area contributed by atoms with Gasteiger partial charge < -0.3 is 10.1 Å². The van der Waals surface area contributed by atoms with E-state index in [4.69, 9.17) is 4.74 Å². The van der Waals surface area contributed by atoms with Crippen molar-refractivity contribution in [2.45, 2.75) is 17.2 Å². The molecule has 0 spiro atoms. The van der Waals surface area contributed by atoms with E-state index in [1.165, 1.54) is 24.3 Å². The summed E-state index contributed by atoms with van der Waals surface area (Å²) < 4.78 is 30.7. The third-order valence-corrected chi connectivity index (χ3v) is 4.24. The normalized spacial score (nSPS) is 10.7. The van der Waals surface area contributed by atoms with Crippen molar-refractivity contribution in [3.05, 3.63) is 58.1 Å². The molecule has 0 atom stereocenters. The Morgan fingerprint density at radius 2 is 1.96 bits per heavy atom. The van der Waals surface area contributed by atoms with Gasteiger partial charge in [0, 0.05) is 27.0 Å². The van der Waals surface area contributed by atoms with Gasteiger partial charge in [-0.2, -0.15) is 8.78 Å². The highest BCUT2D eigenvalue weighted by molar-refractivity contribution is 9.10. The van der Waals surface area contributed by atoms with Crippen LogP contribution in [0.1, 0.15) is 15.9 Å². The second-order valence-corrected chi connectivity index (χ2v) is 6.52. The largest absolute Gasteiger partial charge is 0.496 e. The molecule has 1 N–H and O–H groups in total. The summed E-state index contributed by atoms with van der Waals surface area (Å²) in [4.78, 5) is 12.5. The van der Waals surface area contributed by atoms with Crippen molar-refractivity contribution in [3.8, 4) is 5.75 Å². The Bertz CT molecular complexity index is 680. The number of hydrogen-bond donors (Lipinski definition) is 1. The number of methoxy groups -OCH3 is 1. The minimum Gasteiger partial charge on any atom is -0.496 e. The van der Waals surface area contributed by atoms with Crippen LogP contribution in [-0.2, 0) is 6.54 Å². The molecule has 0 unspecified atom stereocenters. The van der Waals surface area contributed by atoms with Crippen LogP contribution >= 0.6 is 27.7 Å². The zero-order valence-corrected chi connectivity index (χ0v) is 14.6. The molecule has 0 heterocycles. The number of carbonyl (C=O) groups is 1. The van der Waals surface area contributed by atoms with E-state index in [0.29, 0.717) is 34.5 Å². The van der Waals surface area contributed by atoms with Crippen LogP contribution in [0.15, 0.2) is 51.8 Å². The first-order valence-electron chi connectivity index (χ1n) is 6.65. The first-order valence-corrected chi connectivity index (χ1v) is 8.32. The fraction of sp³-hybridized carbons (Fsp3) is 0.188. The molecule has 122 valence electrons. The average Bonchev–Trinajstić information content (AvgIpc) is 2.53. The van der Waals surface area contributed by atoms with Crippen LogP contribution in [0, 0.1) is 0 Å². The maximum absolute atomic E-state index is 12.3. The number of rotatable bonds is 6. The summed E-state index contributed by atoms with van der Waals surface area (Å²) in [6, 6.07) is 11.6. The molecule has 1 amide bonds. The van der Waals surface area contributed by atoms with Crippen LogP contribution in [0.5, 0.6) is 5.75 Å². The Morgan fingerprint density at radius 1 is 1.26 bits per heavy atom. The zero-order valence-electron chi connectivity index (χ0n) is 12.2. The Labute approximate surface area is 145 Å². The number of alkyl halides is 2. The smallest absolute Gasteiger partial charge is 0.288 e. The summed E-state index contributed by atoms with van der Waals surface area (Å²) in [5.74, 6) is -2.07. The number of hydrogen-bond acceptors (Lipinski definition) is 3. The van der Waals surface area contributed by atoms with Crippen LogP contribution in [0.2, 0.25) is 0 Å². The molecule has 23 heavy (non-hydrogen) atoms. The van der Waals surface area contributed by atoms with Crippen LogP contribution in [0.4, 0.5) is 8.78 Å². The van der Waals surface area contributed by atoms with Crippen molar-refractivity contribution >= 4 is 33.6 Å². The van der Waals surface area contributed by atoms with Crippen molar-refractivity contribution in [1.82, 2.24) is 5.32 Å². The average molecular weight is 402 g/mol. The molecule has 2 aromatic carbocycles. The molecular formula is C16H14BrF2NO2S.